The largest absolute Gasteiger partial charge is 0.442 e. The molecule has 2 heterocycles. The Hall–Kier alpha value is -1.91. The predicted octanol–water partition coefficient (Wildman–Crippen LogP) is 1.42. The molecule has 1 aromatic rings. The standard InChI is InChI=1S/C13H17N3O2/c1-9-6-14-11-4-2-3-5-12(11)16(9)8-10-7-15-13(17)18-10/h2-5,9-10,14H,6-8H2,1H3,(H,15,17). The van der Waals surface area contributed by atoms with E-state index >= 15 is 0 Å². The number of benzene rings is 1. The van der Waals surface area contributed by atoms with Crippen molar-refractivity contribution in [2.24, 2.45) is 0 Å². The minimum atomic E-state index is -0.309. The van der Waals surface area contributed by atoms with Crippen molar-refractivity contribution in [3.05, 3.63) is 24.3 Å². The summed E-state index contributed by atoms with van der Waals surface area (Å²) in [4.78, 5) is 13.4. The summed E-state index contributed by atoms with van der Waals surface area (Å²) in [5.41, 5.74) is 2.33. The molecular weight excluding hydrogens is 230 g/mol. The van der Waals surface area contributed by atoms with Crippen molar-refractivity contribution in [3.8, 4) is 0 Å². The molecule has 2 unspecified atom stereocenters. The number of para-hydroxylation sites is 2. The Morgan fingerprint density at radius 1 is 1.33 bits per heavy atom. The second-order valence-electron chi connectivity index (χ2n) is 4.81. The van der Waals surface area contributed by atoms with Crippen LogP contribution in [0.15, 0.2) is 24.3 Å². The number of fused-ring (bicyclic) bond motifs is 1. The van der Waals surface area contributed by atoms with Crippen LogP contribution in [-0.2, 0) is 4.74 Å². The van der Waals surface area contributed by atoms with Gasteiger partial charge in [0.2, 0.25) is 0 Å². The van der Waals surface area contributed by atoms with Gasteiger partial charge < -0.3 is 20.3 Å². The van der Waals surface area contributed by atoms with Crippen LogP contribution in [0.5, 0.6) is 0 Å². The molecule has 0 bridgehead atoms. The average Bonchev–Trinajstić information content (AvgIpc) is 2.79. The Bertz CT molecular complexity index is 463. The number of rotatable bonds is 2. The Morgan fingerprint density at radius 2 is 2.17 bits per heavy atom. The summed E-state index contributed by atoms with van der Waals surface area (Å²) in [6.07, 6.45) is -0.373. The van der Waals surface area contributed by atoms with Crippen LogP contribution in [0, 0.1) is 0 Å². The van der Waals surface area contributed by atoms with Gasteiger partial charge in [0.15, 0.2) is 0 Å². The first-order chi connectivity index (χ1) is 8.74. The molecule has 1 amide bonds. The lowest BCUT2D eigenvalue weighted by Gasteiger charge is -2.38. The topological polar surface area (TPSA) is 53.6 Å². The summed E-state index contributed by atoms with van der Waals surface area (Å²) in [6.45, 7) is 4.41. The van der Waals surface area contributed by atoms with Crippen molar-refractivity contribution in [1.29, 1.82) is 0 Å². The molecule has 5 nitrogen and oxygen atoms in total. The molecule has 0 radical (unpaired) electrons. The second-order valence-corrected chi connectivity index (χ2v) is 4.81. The van der Waals surface area contributed by atoms with E-state index in [1.54, 1.807) is 0 Å². The van der Waals surface area contributed by atoms with E-state index in [1.165, 1.54) is 5.69 Å². The third kappa shape index (κ3) is 1.96. The highest BCUT2D eigenvalue weighted by Crippen LogP contribution is 2.31. The summed E-state index contributed by atoms with van der Waals surface area (Å²) >= 11 is 0. The van der Waals surface area contributed by atoms with Gasteiger partial charge in [-0.2, -0.15) is 0 Å². The molecule has 2 aliphatic heterocycles. The van der Waals surface area contributed by atoms with Crippen LogP contribution in [0.2, 0.25) is 0 Å². The quantitative estimate of drug-likeness (QED) is 0.830. The number of alkyl carbamates (subject to hydrolysis) is 1. The number of carbonyl (C=O) groups excluding carboxylic acids is 1. The van der Waals surface area contributed by atoms with Gasteiger partial charge in [0, 0.05) is 12.6 Å². The molecule has 0 aliphatic carbocycles. The molecule has 1 aromatic carbocycles. The lowest BCUT2D eigenvalue weighted by atomic mass is 10.1. The molecule has 1 saturated heterocycles. The zero-order valence-corrected chi connectivity index (χ0v) is 10.3. The number of hydrogen-bond acceptors (Lipinski definition) is 4. The fourth-order valence-corrected chi connectivity index (χ4v) is 2.51. The summed E-state index contributed by atoms with van der Waals surface area (Å²) in [5.74, 6) is 0. The summed E-state index contributed by atoms with van der Waals surface area (Å²) in [7, 11) is 0. The van der Waals surface area contributed by atoms with Gasteiger partial charge in [0.05, 0.1) is 24.5 Å². The summed E-state index contributed by atoms with van der Waals surface area (Å²) in [6, 6.07) is 8.62. The zero-order chi connectivity index (χ0) is 12.5. The number of carbonyl (C=O) groups is 1. The fraction of sp³-hybridized carbons (Fsp3) is 0.462. The molecule has 1 fully saturated rings. The van der Waals surface area contributed by atoms with E-state index in [2.05, 4.69) is 34.6 Å². The number of nitrogens with one attached hydrogen (secondary N) is 2. The van der Waals surface area contributed by atoms with Crippen molar-refractivity contribution < 1.29 is 9.53 Å². The van der Waals surface area contributed by atoms with E-state index in [-0.39, 0.29) is 12.2 Å². The maximum Gasteiger partial charge on any atom is 0.407 e. The molecule has 18 heavy (non-hydrogen) atoms. The highest BCUT2D eigenvalue weighted by molar-refractivity contribution is 5.73. The zero-order valence-electron chi connectivity index (χ0n) is 10.3. The Labute approximate surface area is 106 Å². The summed E-state index contributed by atoms with van der Waals surface area (Å²) < 4.78 is 5.22. The highest BCUT2D eigenvalue weighted by atomic mass is 16.6. The van der Waals surface area contributed by atoms with Crippen LogP contribution in [0.4, 0.5) is 16.2 Å². The Balaban J connectivity index is 1.80. The van der Waals surface area contributed by atoms with Crippen molar-refractivity contribution in [1.82, 2.24) is 5.32 Å². The van der Waals surface area contributed by atoms with Gasteiger partial charge in [-0.1, -0.05) is 12.1 Å². The van der Waals surface area contributed by atoms with Crippen LogP contribution in [0.3, 0.4) is 0 Å². The Morgan fingerprint density at radius 3 is 2.94 bits per heavy atom. The van der Waals surface area contributed by atoms with Gasteiger partial charge in [-0.15, -0.1) is 0 Å². The maximum absolute atomic E-state index is 11.1. The SMILES string of the molecule is CC1CNc2ccccc2N1CC1CNC(=O)O1. The first-order valence-electron chi connectivity index (χ1n) is 6.28. The smallest absolute Gasteiger partial charge is 0.407 e. The minimum Gasteiger partial charge on any atom is -0.442 e. The molecule has 0 saturated carbocycles. The van der Waals surface area contributed by atoms with Gasteiger partial charge >= 0.3 is 6.09 Å². The molecule has 0 aromatic heterocycles. The molecule has 0 spiro atoms. The number of cyclic esters (lactones) is 1. The third-order valence-electron chi connectivity index (χ3n) is 3.48. The number of ether oxygens (including phenoxy) is 1. The normalized spacial score (nSPS) is 26.1. The van der Waals surface area contributed by atoms with Gasteiger partial charge in [-0.05, 0) is 19.1 Å². The van der Waals surface area contributed by atoms with E-state index in [0.29, 0.717) is 12.6 Å². The van der Waals surface area contributed by atoms with Crippen molar-refractivity contribution in [3.63, 3.8) is 0 Å². The number of nitrogens with zero attached hydrogens (tertiary/aromatic N) is 1. The van der Waals surface area contributed by atoms with Crippen molar-refractivity contribution in [2.45, 2.75) is 19.1 Å². The molecule has 2 atom stereocenters. The minimum absolute atomic E-state index is 0.0638. The third-order valence-corrected chi connectivity index (χ3v) is 3.48. The Kier molecular flexibility index (Phi) is 2.74. The van der Waals surface area contributed by atoms with E-state index in [9.17, 15) is 4.79 Å². The monoisotopic (exact) mass is 247 g/mol. The lowest BCUT2D eigenvalue weighted by Crippen LogP contribution is -2.46. The van der Waals surface area contributed by atoms with E-state index < -0.39 is 0 Å². The molecule has 2 N–H and O–H groups in total. The van der Waals surface area contributed by atoms with Crippen molar-refractivity contribution in [2.75, 3.05) is 29.9 Å². The first-order valence-corrected chi connectivity index (χ1v) is 6.28. The van der Waals surface area contributed by atoms with E-state index in [4.69, 9.17) is 4.74 Å². The first kappa shape index (κ1) is 11.2. The fourth-order valence-electron chi connectivity index (χ4n) is 2.51. The van der Waals surface area contributed by atoms with Gasteiger partial charge in [0.1, 0.15) is 6.10 Å². The van der Waals surface area contributed by atoms with E-state index in [1.807, 2.05) is 12.1 Å². The highest BCUT2D eigenvalue weighted by Gasteiger charge is 2.29. The maximum atomic E-state index is 11.1. The number of hydrogen-bond donors (Lipinski definition) is 2. The molecule has 5 heteroatoms. The van der Waals surface area contributed by atoms with Crippen LogP contribution in [0.1, 0.15) is 6.92 Å². The van der Waals surface area contributed by atoms with Crippen LogP contribution < -0.4 is 15.5 Å². The molecule has 2 aliphatic rings. The number of amides is 1. The molecular formula is C13H17N3O2. The number of anilines is 2. The van der Waals surface area contributed by atoms with Crippen LogP contribution in [-0.4, -0.2) is 37.9 Å². The van der Waals surface area contributed by atoms with E-state index in [0.717, 1.165) is 18.8 Å². The van der Waals surface area contributed by atoms with Gasteiger partial charge in [0.25, 0.3) is 0 Å². The second kappa shape index (κ2) is 4.40. The molecule has 96 valence electrons. The predicted molar refractivity (Wildman–Crippen MR) is 70.0 cm³/mol. The summed E-state index contributed by atoms with van der Waals surface area (Å²) in [5, 5.41) is 6.11. The van der Waals surface area contributed by atoms with Crippen LogP contribution in [0.25, 0.3) is 0 Å². The van der Waals surface area contributed by atoms with Gasteiger partial charge in [-0.3, -0.25) is 0 Å². The molecule has 3 rings (SSSR count). The van der Waals surface area contributed by atoms with Gasteiger partial charge in [-0.25, -0.2) is 4.79 Å². The van der Waals surface area contributed by atoms with Crippen molar-refractivity contribution >= 4 is 17.5 Å². The lowest BCUT2D eigenvalue weighted by molar-refractivity contribution is 0.142. The van der Waals surface area contributed by atoms with Crippen LogP contribution >= 0.6 is 0 Å². The average molecular weight is 247 g/mol.